The molecular formula is C15H13ClN2O5. The van der Waals surface area contributed by atoms with E-state index in [-0.39, 0.29) is 17.9 Å². The summed E-state index contributed by atoms with van der Waals surface area (Å²) in [6, 6.07) is 9.38. The number of ether oxygens (including phenoxy) is 1. The molecule has 1 saturated heterocycles. The first-order valence-corrected chi connectivity index (χ1v) is 7.34. The molecule has 0 aliphatic carbocycles. The number of nitrogens with one attached hydrogen (secondary N) is 1. The summed E-state index contributed by atoms with van der Waals surface area (Å²) >= 11 is 5.87. The first kappa shape index (κ1) is 15.5. The van der Waals surface area contributed by atoms with Gasteiger partial charge in [-0.2, -0.15) is 0 Å². The number of amides is 1. The van der Waals surface area contributed by atoms with Gasteiger partial charge < -0.3 is 14.5 Å². The summed E-state index contributed by atoms with van der Waals surface area (Å²) in [5.74, 6) is -1.07. The van der Waals surface area contributed by atoms with Crippen LogP contribution in [0.3, 0.4) is 0 Å². The highest BCUT2D eigenvalue weighted by Gasteiger charge is 2.32. The van der Waals surface area contributed by atoms with Crippen LogP contribution in [0, 0.1) is 10.1 Å². The van der Waals surface area contributed by atoms with Gasteiger partial charge in [0.05, 0.1) is 12.1 Å². The second kappa shape index (κ2) is 6.39. The first-order valence-electron chi connectivity index (χ1n) is 6.97. The Bertz CT molecular complexity index is 728. The molecule has 2 atom stereocenters. The highest BCUT2D eigenvalue weighted by atomic mass is 35.5. The van der Waals surface area contributed by atoms with Crippen molar-refractivity contribution < 1.29 is 18.9 Å². The molecule has 2 aromatic rings. The predicted molar refractivity (Wildman–Crippen MR) is 81.4 cm³/mol. The number of hydrogen-bond donors (Lipinski definition) is 1. The standard InChI is InChI=1S/C15H13ClN2O5/c16-10-3-1-9(2-4-10)14-11(7-8-22-14)17-15(19)12-5-6-13(23-12)18(20)21/h1-6,11,14H,7-8H2,(H,17,19)/t11-,14-/m1/s1. The van der Waals surface area contributed by atoms with Crippen LogP contribution in [0.15, 0.2) is 40.8 Å². The van der Waals surface area contributed by atoms with Gasteiger partial charge in [0.1, 0.15) is 11.0 Å². The van der Waals surface area contributed by atoms with Crippen molar-refractivity contribution in [2.24, 2.45) is 0 Å². The van der Waals surface area contributed by atoms with Crippen LogP contribution in [0.5, 0.6) is 0 Å². The number of carbonyl (C=O) groups is 1. The normalized spacial score (nSPS) is 20.4. The van der Waals surface area contributed by atoms with Crippen molar-refractivity contribution in [3.63, 3.8) is 0 Å². The third kappa shape index (κ3) is 3.35. The zero-order valence-corrected chi connectivity index (χ0v) is 12.7. The molecule has 1 fully saturated rings. The van der Waals surface area contributed by atoms with Gasteiger partial charge in [0, 0.05) is 11.6 Å². The van der Waals surface area contributed by atoms with Gasteiger partial charge >= 0.3 is 5.88 Å². The number of furan rings is 1. The lowest BCUT2D eigenvalue weighted by Gasteiger charge is -2.19. The lowest BCUT2D eigenvalue weighted by molar-refractivity contribution is -0.402. The minimum atomic E-state index is -0.689. The quantitative estimate of drug-likeness (QED) is 0.683. The Kier molecular flexibility index (Phi) is 4.31. The van der Waals surface area contributed by atoms with Crippen LogP contribution >= 0.6 is 11.6 Å². The van der Waals surface area contributed by atoms with Crippen molar-refractivity contribution in [2.45, 2.75) is 18.6 Å². The van der Waals surface area contributed by atoms with Crippen molar-refractivity contribution in [3.05, 3.63) is 62.9 Å². The van der Waals surface area contributed by atoms with Gasteiger partial charge in [-0.1, -0.05) is 23.7 Å². The van der Waals surface area contributed by atoms with Gasteiger partial charge in [-0.15, -0.1) is 0 Å². The van der Waals surface area contributed by atoms with E-state index < -0.39 is 16.7 Å². The third-order valence-corrected chi connectivity index (χ3v) is 3.85. The average Bonchev–Trinajstić information content (AvgIpc) is 3.17. The van der Waals surface area contributed by atoms with E-state index in [0.717, 1.165) is 11.6 Å². The van der Waals surface area contributed by atoms with E-state index in [9.17, 15) is 14.9 Å². The monoisotopic (exact) mass is 336 g/mol. The highest BCUT2D eigenvalue weighted by Crippen LogP contribution is 2.30. The molecule has 23 heavy (non-hydrogen) atoms. The second-order valence-corrected chi connectivity index (χ2v) is 5.54. The summed E-state index contributed by atoms with van der Waals surface area (Å²) in [5, 5.41) is 14.0. The van der Waals surface area contributed by atoms with E-state index in [4.69, 9.17) is 20.8 Å². The summed E-state index contributed by atoms with van der Waals surface area (Å²) in [5.41, 5.74) is 0.905. The van der Waals surface area contributed by atoms with Crippen LogP contribution in [0.25, 0.3) is 0 Å². The van der Waals surface area contributed by atoms with Gasteiger partial charge in [-0.05, 0) is 30.2 Å². The number of halogens is 1. The topological polar surface area (TPSA) is 94.6 Å². The van der Waals surface area contributed by atoms with Crippen LogP contribution in [-0.2, 0) is 4.74 Å². The van der Waals surface area contributed by atoms with Gasteiger partial charge in [0.2, 0.25) is 0 Å². The smallest absolute Gasteiger partial charge is 0.395 e. The average molecular weight is 337 g/mol. The lowest BCUT2D eigenvalue weighted by Crippen LogP contribution is -2.36. The Morgan fingerprint density at radius 1 is 1.26 bits per heavy atom. The zero-order valence-electron chi connectivity index (χ0n) is 11.9. The van der Waals surface area contributed by atoms with E-state index >= 15 is 0 Å². The molecule has 1 amide bonds. The number of benzene rings is 1. The van der Waals surface area contributed by atoms with Gasteiger partial charge in [0.25, 0.3) is 5.91 Å². The summed E-state index contributed by atoms with van der Waals surface area (Å²) < 4.78 is 10.6. The van der Waals surface area contributed by atoms with Crippen molar-refractivity contribution in [1.82, 2.24) is 5.32 Å². The fourth-order valence-electron chi connectivity index (χ4n) is 2.51. The molecule has 1 aromatic carbocycles. The molecule has 0 spiro atoms. The first-order chi connectivity index (χ1) is 11.0. The number of rotatable bonds is 4. The maximum atomic E-state index is 12.2. The largest absolute Gasteiger partial charge is 0.433 e. The Hall–Kier alpha value is -2.38. The van der Waals surface area contributed by atoms with E-state index in [1.807, 2.05) is 12.1 Å². The summed E-state index contributed by atoms with van der Waals surface area (Å²) in [6.07, 6.45) is 0.350. The van der Waals surface area contributed by atoms with E-state index in [1.165, 1.54) is 6.07 Å². The fraction of sp³-hybridized carbons (Fsp3) is 0.267. The molecule has 3 rings (SSSR count). The molecule has 0 unspecified atom stereocenters. The molecule has 1 N–H and O–H groups in total. The summed E-state index contributed by atoms with van der Waals surface area (Å²) in [7, 11) is 0. The number of nitro groups is 1. The molecule has 8 heteroatoms. The van der Waals surface area contributed by atoms with E-state index in [0.29, 0.717) is 18.1 Å². The molecular weight excluding hydrogens is 324 g/mol. The molecule has 7 nitrogen and oxygen atoms in total. The molecule has 1 aromatic heterocycles. The Balaban J connectivity index is 1.71. The van der Waals surface area contributed by atoms with Gasteiger partial charge in [0.15, 0.2) is 5.76 Å². The number of nitrogens with zero attached hydrogens (tertiary/aromatic N) is 1. The predicted octanol–water partition coefficient (Wildman–Crippen LogP) is 3.10. The minimum absolute atomic E-state index is 0.0987. The number of carbonyl (C=O) groups excluding carboxylic acids is 1. The number of hydrogen-bond acceptors (Lipinski definition) is 5. The summed E-state index contributed by atoms with van der Waals surface area (Å²) in [6.45, 7) is 0.510. The SMILES string of the molecule is O=C(N[C@@H]1CCO[C@@H]1c1ccc(Cl)cc1)c1ccc([N+](=O)[O-])o1. The zero-order chi connectivity index (χ0) is 16.4. The van der Waals surface area contributed by atoms with Gasteiger partial charge in [-0.3, -0.25) is 14.9 Å². The molecule has 1 aliphatic heterocycles. The summed E-state index contributed by atoms with van der Waals surface area (Å²) in [4.78, 5) is 22.1. The molecule has 1 aliphatic rings. The minimum Gasteiger partial charge on any atom is -0.395 e. The van der Waals surface area contributed by atoms with Crippen molar-refractivity contribution in [2.75, 3.05) is 6.61 Å². The van der Waals surface area contributed by atoms with Crippen LogP contribution in [0.2, 0.25) is 5.02 Å². The Labute approximate surface area is 136 Å². The van der Waals surface area contributed by atoms with E-state index in [2.05, 4.69) is 5.32 Å². The van der Waals surface area contributed by atoms with Crippen LogP contribution in [-0.4, -0.2) is 23.5 Å². The Morgan fingerprint density at radius 2 is 2.00 bits per heavy atom. The molecule has 2 heterocycles. The molecule has 0 bridgehead atoms. The molecule has 120 valence electrons. The van der Waals surface area contributed by atoms with Crippen LogP contribution in [0.1, 0.15) is 28.6 Å². The van der Waals surface area contributed by atoms with Crippen molar-refractivity contribution in [1.29, 1.82) is 0 Å². The maximum Gasteiger partial charge on any atom is 0.433 e. The third-order valence-electron chi connectivity index (χ3n) is 3.60. The fourth-order valence-corrected chi connectivity index (χ4v) is 2.63. The van der Waals surface area contributed by atoms with Crippen molar-refractivity contribution in [3.8, 4) is 0 Å². The lowest BCUT2D eigenvalue weighted by atomic mass is 10.0. The highest BCUT2D eigenvalue weighted by molar-refractivity contribution is 6.30. The Morgan fingerprint density at radius 3 is 2.65 bits per heavy atom. The van der Waals surface area contributed by atoms with Crippen LogP contribution in [0.4, 0.5) is 5.88 Å². The molecule has 0 radical (unpaired) electrons. The second-order valence-electron chi connectivity index (χ2n) is 5.11. The van der Waals surface area contributed by atoms with Gasteiger partial charge in [-0.25, -0.2) is 0 Å². The molecule has 0 saturated carbocycles. The van der Waals surface area contributed by atoms with Crippen molar-refractivity contribution >= 4 is 23.4 Å². The van der Waals surface area contributed by atoms with E-state index in [1.54, 1.807) is 12.1 Å². The maximum absolute atomic E-state index is 12.2. The van der Waals surface area contributed by atoms with Crippen LogP contribution < -0.4 is 5.32 Å².